The maximum atomic E-state index is 12.1. The largest absolute Gasteiger partial charge is 0.486 e. The highest BCUT2D eigenvalue weighted by atomic mass is 35.5. The van der Waals surface area contributed by atoms with Crippen LogP contribution in [0.3, 0.4) is 0 Å². The minimum atomic E-state index is -0.292. The number of rotatable bonds is 7. The van der Waals surface area contributed by atoms with E-state index in [-0.39, 0.29) is 18.3 Å². The van der Waals surface area contributed by atoms with Gasteiger partial charge in [0, 0.05) is 17.8 Å². The van der Waals surface area contributed by atoms with Crippen LogP contribution in [0.4, 0.5) is 0 Å². The van der Waals surface area contributed by atoms with Gasteiger partial charge in [-0.25, -0.2) is 0 Å². The number of nitrogens with one attached hydrogen (secondary N) is 1. The summed E-state index contributed by atoms with van der Waals surface area (Å²) in [5.41, 5.74) is 0.797. The highest BCUT2D eigenvalue weighted by Crippen LogP contribution is 2.19. The second-order valence-electron chi connectivity index (χ2n) is 5.36. The smallest absolute Gasteiger partial charge is 0.287 e. The Balaban J connectivity index is 1.52. The van der Waals surface area contributed by atoms with Gasteiger partial charge in [-0.05, 0) is 43.3 Å². The molecule has 0 fully saturated rings. The van der Waals surface area contributed by atoms with Crippen LogP contribution in [0, 0.1) is 0 Å². The number of carbonyl (C=O) groups excluding carboxylic acids is 1. The molecule has 2 heterocycles. The van der Waals surface area contributed by atoms with Crippen LogP contribution in [-0.4, -0.2) is 15.7 Å². The lowest BCUT2D eigenvalue weighted by molar-refractivity contribution is 0.0918. The van der Waals surface area contributed by atoms with Crippen LogP contribution in [0.15, 0.2) is 53.1 Å². The fraction of sp³-hybridized carbons (Fsp3) is 0.222. The van der Waals surface area contributed by atoms with Gasteiger partial charge in [0.2, 0.25) is 0 Å². The lowest BCUT2D eigenvalue weighted by Gasteiger charge is -2.04. The van der Waals surface area contributed by atoms with Crippen molar-refractivity contribution in [1.82, 2.24) is 15.1 Å². The van der Waals surface area contributed by atoms with Crippen LogP contribution in [-0.2, 0) is 19.7 Å². The summed E-state index contributed by atoms with van der Waals surface area (Å²) in [6.07, 6.45) is 1.87. The zero-order valence-electron chi connectivity index (χ0n) is 13.7. The Morgan fingerprint density at radius 2 is 2.20 bits per heavy atom. The number of furan rings is 1. The standard InChI is InChI=1S/C18H18ClN3O3/c1-2-22-9-8-14(21-22)11-20-18(23)17-7-6-16(25-17)12-24-15-5-3-4-13(19)10-15/h3-10H,2,11-12H2,1H3,(H,20,23). The molecule has 0 atom stereocenters. The third-order valence-corrected chi connectivity index (χ3v) is 3.75. The van der Waals surface area contributed by atoms with Crippen LogP contribution in [0.2, 0.25) is 5.02 Å². The molecule has 0 aliphatic heterocycles. The summed E-state index contributed by atoms with van der Waals surface area (Å²) >= 11 is 5.91. The van der Waals surface area contributed by atoms with Crippen molar-refractivity contribution < 1.29 is 13.9 Å². The molecule has 0 unspecified atom stereocenters. The van der Waals surface area contributed by atoms with Gasteiger partial charge in [-0.2, -0.15) is 5.10 Å². The van der Waals surface area contributed by atoms with E-state index in [0.717, 1.165) is 12.2 Å². The lowest BCUT2D eigenvalue weighted by Crippen LogP contribution is -2.22. The normalized spacial score (nSPS) is 10.6. The first-order valence-corrected chi connectivity index (χ1v) is 8.29. The summed E-state index contributed by atoms with van der Waals surface area (Å²) in [4.78, 5) is 12.1. The summed E-state index contributed by atoms with van der Waals surface area (Å²) in [5, 5.41) is 7.69. The van der Waals surface area contributed by atoms with Gasteiger partial charge in [0.15, 0.2) is 5.76 Å². The van der Waals surface area contributed by atoms with Gasteiger partial charge in [-0.3, -0.25) is 9.48 Å². The molecule has 25 heavy (non-hydrogen) atoms. The molecule has 130 valence electrons. The minimum Gasteiger partial charge on any atom is -0.486 e. The third-order valence-electron chi connectivity index (χ3n) is 3.51. The van der Waals surface area contributed by atoms with Crippen LogP contribution in [0.1, 0.15) is 28.9 Å². The van der Waals surface area contributed by atoms with E-state index in [1.807, 2.05) is 19.2 Å². The Morgan fingerprint density at radius 1 is 1.32 bits per heavy atom. The second kappa shape index (κ2) is 7.90. The van der Waals surface area contributed by atoms with Crippen molar-refractivity contribution in [2.45, 2.75) is 26.6 Å². The maximum absolute atomic E-state index is 12.1. The van der Waals surface area contributed by atoms with E-state index in [1.54, 1.807) is 41.1 Å². The lowest BCUT2D eigenvalue weighted by atomic mass is 10.3. The molecule has 7 heteroatoms. The molecule has 0 radical (unpaired) electrons. The summed E-state index contributed by atoms with van der Waals surface area (Å²) in [6, 6.07) is 12.3. The van der Waals surface area contributed by atoms with Crippen LogP contribution < -0.4 is 10.1 Å². The quantitative estimate of drug-likeness (QED) is 0.699. The predicted octanol–water partition coefficient (Wildman–Crippen LogP) is 3.66. The van der Waals surface area contributed by atoms with Crippen LogP contribution in [0.25, 0.3) is 0 Å². The number of nitrogens with zero attached hydrogens (tertiary/aromatic N) is 2. The summed E-state index contributed by atoms with van der Waals surface area (Å²) in [7, 11) is 0. The number of ether oxygens (including phenoxy) is 1. The van der Waals surface area contributed by atoms with Crippen molar-refractivity contribution in [1.29, 1.82) is 0 Å². The van der Waals surface area contributed by atoms with Gasteiger partial charge >= 0.3 is 0 Å². The number of hydrogen-bond donors (Lipinski definition) is 1. The van der Waals surface area contributed by atoms with E-state index in [1.165, 1.54) is 0 Å². The molecule has 0 bridgehead atoms. The number of hydrogen-bond acceptors (Lipinski definition) is 4. The van der Waals surface area contributed by atoms with Gasteiger partial charge in [-0.1, -0.05) is 17.7 Å². The number of halogens is 1. The molecule has 1 N–H and O–H groups in total. The number of amides is 1. The van der Waals surface area contributed by atoms with Crippen molar-refractivity contribution in [2.75, 3.05) is 0 Å². The molecular formula is C18H18ClN3O3. The first kappa shape index (κ1) is 17.1. The van der Waals surface area contributed by atoms with E-state index in [0.29, 0.717) is 23.1 Å². The fourth-order valence-corrected chi connectivity index (χ4v) is 2.40. The zero-order valence-corrected chi connectivity index (χ0v) is 14.5. The zero-order chi connectivity index (χ0) is 17.6. The molecule has 0 aliphatic rings. The number of aryl methyl sites for hydroxylation is 1. The van der Waals surface area contributed by atoms with E-state index >= 15 is 0 Å². The van der Waals surface area contributed by atoms with E-state index in [4.69, 9.17) is 20.8 Å². The van der Waals surface area contributed by atoms with Crippen molar-refractivity contribution in [3.63, 3.8) is 0 Å². The third kappa shape index (κ3) is 4.64. The maximum Gasteiger partial charge on any atom is 0.287 e. The molecule has 0 saturated carbocycles. The van der Waals surface area contributed by atoms with Crippen molar-refractivity contribution in [3.8, 4) is 5.75 Å². The number of aromatic nitrogens is 2. The first-order chi connectivity index (χ1) is 12.1. The average molecular weight is 360 g/mol. The van der Waals surface area contributed by atoms with Gasteiger partial charge < -0.3 is 14.5 Å². The van der Waals surface area contributed by atoms with Crippen molar-refractivity contribution in [2.24, 2.45) is 0 Å². The summed E-state index contributed by atoms with van der Waals surface area (Å²) in [6.45, 7) is 3.36. The van der Waals surface area contributed by atoms with Crippen molar-refractivity contribution in [3.05, 3.63) is 70.9 Å². The minimum absolute atomic E-state index is 0.217. The van der Waals surface area contributed by atoms with E-state index in [2.05, 4.69) is 10.4 Å². The second-order valence-corrected chi connectivity index (χ2v) is 5.79. The molecular weight excluding hydrogens is 342 g/mol. The molecule has 1 amide bonds. The molecule has 0 saturated heterocycles. The molecule has 0 aliphatic carbocycles. The molecule has 3 aromatic rings. The highest BCUT2D eigenvalue weighted by Gasteiger charge is 2.12. The fourth-order valence-electron chi connectivity index (χ4n) is 2.22. The SMILES string of the molecule is CCn1ccc(CNC(=O)c2ccc(COc3cccc(Cl)c3)o2)n1. The van der Waals surface area contributed by atoms with Gasteiger partial charge in [0.05, 0.1) is 12.2 Å². The Labute approximate surface area is 150 Å². The summed E-state index contributed by atoms with van der Waals surface area (Å²) < 4.78 is 12.9. The Kier molecular flexibility index (Phi) is 5.40. The predicted molar refractivity (Wildman–Crippen MR) is 93.6 cm³/mol. The van der Waals surface area contributed by atoms with Crippen LogP contribution in [0.5, 0.6) is 5.75 Å². The van der Waals surface area contributed by atoms with Gasteiger partial charge in [0.25, 0.3) is 5.91 Å². The van der Waals surface area contributed by atoms with E-state index < -0.39 is 0 Å². The molecule has 2 aromatic heterocycles. The average Bonchev–Trinajstić information content (AvgIpc) is 3.27. The number of carbonyl (C=O) groups is 1. The molecule has 6 nitrogen and oxygen atoms in total. The monoisotopic (exact) mass is 359 g/mol. The number of benzene rings is 1. The Bertz CT molecular complexity index is 857. The Hall–Kier alpha value is -2.73. The molecule has 3 rings (SSSR count). The molecule has 0 spiro atoms. The van der Waals surface area contributed by atoms with Crippen LogP contribution >= 0.6 is 11.6 Å². The van der Waals surface area contributed by atoms with E-state index in [9.17, 15) is 4.79 Å². The highest BCUT2D eigenvalue weighted by molar-refractivity contribution is 6.30. The summed E-state index contributed by atoms with van der Waals surface area (Å²) in [5.74, 6) is 1.14. The topological polar surface area (TPSA) is 69.3 Å². The van der Waals surface area contributed by atoms with Crippen molar-refractivity contribution >= 4 is 17.5 Å². The molecule has 1 aromatic carbocycles. The van der Waals surface area contributed by atoms with Gasteiger partial charge in [0.1, 0.15) is 18.1 Å². The first-order valence-electron chi connectivity index (χ1n) is 7.91. The van der Waals surface area contributed by atoms with Gasteiger partial charge in [-0.15, -0.1) is 0 Å². The Morgan fingerprint density at radius 3 is 2.96 bits per heavy atom.